The Bertz CT molecular complexity index is 2280. The predicted molar refractivity (Wildman–Crippen MR) is 205 cm³/mol. The summed E-state index contributed by atoms with van der Waals surface area (Å²) in [5, 5.41) is 7.37. The number of nitrogens with zero attached hydrogens (tertiary/aromatic N) is 4. The number of aromatic nitrogens is 3. The summed E-state index contributed by atoms with van der Waals surface area (Å²) in [6.07, 6.45) is 3.71. The minimum atomic E-state index is -0.219. The average molecular weight is 756 g/mol. The van der Waals surface area contributed by atoms with Gasteiger partial charge in [0.05, 0.1) is 41.4 Å². The lowest BCUT2D eigenvalue weighted by atomic mass is 9.96. The van der Waals surface area contributed by atoms with Gasteiger partial charge in [-0.1, -0.05) is 65.7 Å². The number of hydrogen-bond donors (Lipinski definition) is 2. The van der Waals surface area contributed by atoms with Crippen molar-refractivity contribution in [3.05, 3.63) is 104 Å². The Hall–Kier alpha value is -4.81. The highest BCUT2D eigenvalue weighted by atomic mass is 35.5. The predicted octanol–water partition coefficient (Wildman–Crippen LogP) is 6.08. The summed E-state index contributed by atoms with van der Waals surface area (Å²) in [5.41, 5.74) is 7.00. The number of amides is 1. The fraction of sp³-hybridized carbons (Fsp3) is 0.325. The minimum absolute atomic E-state index is 0.0909. The highest BCUT2D eigenvalue weighted by Gasteiger charge is 2.29. The van der Waals surface area contributed by atoms with E-state index in [1.54, 1.807) is 17.7 Å². The van der Waals surface area contributed by atoms with Crippen molar-refractivity contribution in [2.24, 2.45) is 5.92 Å². The molecule has 0 saturated carbocycles. The first-order valence-electron chi connectivity index (χ1n) is 17.6. The van der Waals surface area contributed by atoms with Gasteiger partial charge in [0.2, 0.25) is 11.8 Å². The molecule has 0 aliphatic carbocycles. The molecule has 2 saturated heterocycles. The molecule has 1 amide bonds. The third-order valence-electron chi connectivity index (χ3n) is 10.1. The quantitative estimate of drug-likeness (QED) is 0.154. The van der Waals surface area contributed by atoms with Crippen molar-refractivity contribution in [3.63, 3.8) is 0 Å². The highest BCUT2D eigenvalue weighted by molar-refractivity contribution is 6.39. The molecule has 2 N–H and O–H groups in total. The maximum absolute atomic E-state index is 13.6. The molecule has 0 bridgehead atoms. The van der Waals surface area contributed by atoms with Gasteiger partial charge in [-0.2, -0.15) is 0 Å². The SMILES string of the molecule is COC(=O)[C@H]1CCN(Cc2cnc3cc(-c4cccc(-c5cccc(-c6ccc(CNC[C@H]7CCC(=O)N7)c(OC)n6)c5Cl)c4Cl)cc(C)n3c2=O)C1. The Morgan fingerprint density at radius 2 is 1.70 bits per heavy atom. The molecule has 0 unspecified atom stereocenters. The van der Waals surface area contributed by atoms with Gasteiger partial charge in [0.25, 0.3) is 5.56 Å². The van der Waals surface area contributed by atoms with Crippen LogP contribution in [0.2, 0.25) is 10.0 Å². The molecule has 274 valence electrons. The molecule has 0 radical (unpaired) electrons. The number of fused-ring (bicyclic) bond motifs is 1. The van der Waals surface area contributed by atoms with Crippen LogP contribution < -0.4 is 20.9 Å². The van der Waals surface area contributed by atoms with Crippen LogP contribution in [0.3, 0.4) is 0 Å². The molecule has 11 nitrogen and oxygen atoms in total. The van der Waals surface area contributed by atoms with Crippen LogP contribution in [0.5, 0.6) is 5.88 Å². The Balaban J connectivity index is 1.14. The molecule has 2 aromatic carbocycles. The summed E-state index contributed by atoms with van der Waals surface area (Å²) in [6, 6.07) is 19.4. The molecule has 53 heavy (non-hydrogen) atoms. The van der Waals surface area contributed by atoms with Gasteiger partial charge in [0, 0.05) is 78.3 Å². The number of halogens is 2. The molecule has 2 fully saturated rings. The van der Waals surface area contributed by atoms with E-state index in [-0.39, 0.29) is 29.4 Å². The summed E-state index contributed by atoms with van der Waals surface area (Å²) < 4.78 is 12.2. The monoisotopic (exact) mass is 754 g/mol. The molecule has 2 atom stereocenters. The first kappa shape index (κ1) is 36.5. The van der Waals surface area contributed by atoms with Gasteiger partial charge in [-0.25, -0.2) is 9.97 Å². The smallest absolute Gasteiger partial charge is 0.310 e. The summed E-state index contributed by atoms with van der Waals surface area (Å²) >= 11 is 14.3. The zero-order valence-corrected chi connectivity index (χ0v) is 31.3. The van der Waals surface area contributed by atoms with E-state index in [1.807, 2.05) is 67.6 Å². The van der Waals surface area contributed by atoms with E-state index < -0.39 is 0 Å². The summed E-state index contributed by atoms with van der Waals surface area (Å²) in [6.45, 7) is 4.74. The van der Waals surface area contributed by atoms with E-state index in [1.165, 1.54) is 7.11 Å². The average Bonchev–Trinajstić information content (AvgIpc) is 3.81. The number of ether oxygens (including phenoxy) is 2. The third kappa shape index (κ3) is 7.52. The molecule has 3 aromatic heterocycles. The van der Waals surface area contributed by atoms with Gasteiger partial charge in [-0.3, -0.25) is 23.7 Å². The maximum Gasteiger partial charge on any atom is 0.310 e. The van der Waals surface area contributed by atoms with Crippen molar-refractivity contribution >= 4 is 40.7 Å². The standard InChI is InChI=1S/C40H40Cl2N6O5/c1-23-16-26(17-34-44-19-27(39(50)48(23)34)22-47-15-14-25(21-47)40(51)53-3)29-6-4-7-30(36(29)41)31-8-5-9-32(37(31)42)33-12-10-24(38(46-33)52-2)18-43-20-28-11-13-35(49)45-28/h4-10,12,16-17,19,25,28,43H,11,13-15,18,20-22H2,1-3H3,(H,45,49)/t25-,28+/m0/s1. The third-order valence-corrected chi connectivity index (χ3v) is 10.9. The van der Waals surface area contributed by atoms with Gasteiger partial charge in [0.1, 0.15) is 5.65 Å². The minimum Gasteiger partial charge on any atom is -0.481 e. The zero-order valence-electron chi connectivity index (χ0n) is 29.7. The largest absolute Gasteiger partial charge is 0.481 e. The summed E-state index contributed by atoms with van der Waals surface area (Å²) in [4.78, 5) is 48.7. The fourth-order valence-electron chi connectivity index (χ4n) is 7.30. The van der Waals surface area contributed by atoms with Gasteiger partial charge < -0.3 is 20.1 Å². The van der Waals surface area contributed by atoms with Gasteiger partial charge in [-0.05, 0) is 50.1 Å². The topological polar surface area (TPSA) is 127 Å². The molecular formula is C40H40Cl2N6O5. The first-order valence-corrected chi connectivity index (χ1v) is 18.3. The van der Waals surface area contributed by atoms with Gasteiger partial charge >= 0.3 is 5.97 Å². The van der Waals surface area contributed by atoms with Crippen LogP contribution in [0.15, 0.2) is 71.7 Å². The summed E-state index contributed by atoms with van der Waals surface area (Å²) in [5.74, 6) is 0.177. The van der Waals surface area contributed by atoms with E-state index in [4.69, 9.17) is 37.7 Å². The molecule has 7 rings (SSSR count). The zero-order chi connectivity index (χ0) is 37.2. The number of methoxy groups -OCH3 is 2. The first-order chi connectivity index (χ1) is 25.6. The number of benzene rings is 2. The second-order valence-corrected chi connectivity index (χ2v) is 14.3. The molecule has 13 heteroatoms. The van der Waals surface area contributed by atoms with Crippen LogP contribution >= 0.6 is 23.2 Å². The van der Waals surface area contributed by atoms with E-state index in [2.05, 4.69) is 20.5 Å². The second kappa shape index (κ2) is 15.7. The lowest BCUT2D eigenvalue weighted by molar-refractivity contribution is -0.145. The van der Waals surface area contributed by atoms with Crippen LogP contribution in [-0.2, 0) is 27.4 Å². The number of carbonyl (C=O) groups is 2. The van der Waals surface area contributed by atoms with Crippen molar-refractivity contribution in [1.29, 1.82) is 0 Å². The van der Waals surface area contributed by atoms with Crippen molar-refractivity contribution < 1.29 is 19.1 Å². The lowest BCUT2D eigenvalue weighted by Crippen LogP contribution is -2.35. The van der Waals surface area contributed by atoms with Crippen LogP contribution in [0.1, 0.15) is 36.1 Å². The number of aryl methyl sites for hydroxylation is 1. The number of esters is 1. The number of likely N-dealkylation sites (tertiary alicyclic amines) is 1. The number of nitrogens with one attached hydrogen (secondary N) is 2. The molecule has 5 aromatic rings. The van der Waals surface area contributed by atoms with Crippen LogP contribution in [0.25, 0.3) is 39.2 Å². The van der Waals surface area contributed by atoms with Gasteiger partial charge in [0.15, 0.2) is 0 Å². The second-order valence-electron chi connectivity index (χ2n) is 13.5. The maximum atomic E-state index is 13.6. The molecule has 2 aliphatic heterocycles. The van der Waals surface area contributed by atoms with Crippen molar-refractivity contribution in [2.45, 2.75) is 45.3 Å². The van der Waals surface area contributed by atoms with E-state index >= 15 is 0 Å². The van der Waals surface area contributed by atoms with Crippen LogP contribution in [0, 0.1) is 12.8 Å². The number of rotatable bonds is 11. The molecule has 2 aliphatic rings. The Labute approximate surface area is 317 Å². The van der Waals surface area contributed by atoms with Crippen molar-refractivity contribution in [2.75, 3.05) is 33.9 Å². The molecular weight excluding hydrogens is 715 g/mol. The Kier molecular flexibility index (Phi) is 10.8. The van der Waals surface area contributed by atoms with Crippen molar-refractivity contribution in [1.82, 2.24) is 29.9 Å². The van der Waals surface area contributed by atoms with E-state index in [0.29, 0.717) is 78.4 Å². The van der Waals surface area contributed by atoms with Crippen LogP contribution in [0.4, 0.5) is 0 Å². The summed E-state index contributed by atoms with van der Waals surface area (Å²) in [7, 11) is 2.99. The highest BCUT2D eigenvalue weighted by Crippen LogP contribution is 2.42. The van der Waals surface area contributed by atoms with E-state index in [9.17, 15) is 14.4 Å². The van der Waals surface area contributed by atoms with Crippen LogP contribution in [-0.4, -0.2) is 71.0 Å². The molecule has 0 spiro atoms. The Morgan fingerprint density at radius 3 is 2.42 bits per heavy atom. The van der Waals surface area contributed by atoms with Crippen molar-refractivity contribution in [3.8, 4) is 39.4 Å². The van der Waals surface area contributed by atoms with E-state index in [0.717, 1.165) is 45.5 Å². The normalized spacial score (nSPS) is 17.3. The fourth-order valence-corrected chi connectivity index (χ4v) is 7.96. The number of hydrogen-bond acceptors (Lipinski definition) is 9. The van der Waals surface area contributed by atoms with Gasteiger partial charge in [-0.15, -0.1) is 0 Å². The molecule has 5 heterocycles. The Morgan fingerprint density at radius 1 is 0.962 bits per heavy atom. The lowest BCUT2D eigenvalue weighted by Gasteiger charge is -2.17. The number of carbonyl (C=O) groups excluding carboxylic acids is 2. The number of pyridine rings is 2.